The number of thiocarbonyl (C=S) groups is 1. The number of carbonyl (C=O) groups is 3. The van der Waals surface area contributed by atoms with Crippen LogP contribution in [0.3, 0.4) is 0 Å². The number of hydrogen-bond donors (Lipinski definition) is 1. The summed E-state index contributed by atoms with van der Waals surface area (Å²) >= 11 is 6.11. The first-order chi connectivity index (χ1) is 13.3. The Labute approximate surface area is 171 Å². The number of rotatable bonds is 9. The predicted octanol–water partition coefficient (Wildman–Crippen LogP) is 2.31. The summed E-state index contributed by atoms with van der Waals surface area (Å²) in [6.45, 7) is 3.42. The minimum Gasteiger partial charge on any atom is -0.490 e. The Kier molecular flexibility index (Phi) is 7.82. The number of ether oxygens (including phenoxy) is 3. The van der Waals surface area contributed by atoms with Crippen molar-refractivity contribution in [1.82, 2.24) is 4.90 Å². The molecule has 0 aliphatic carbocycles. The van der Waals surface area contributed by atoms with Gasteiger partial charge in [0.15, 0.2) is 18.1 Å². The van der Waals surface area contributed by atoms with Crippen molar-refractivity contribution in [3.8, 4) is 11.5 Å². The van der Waals surface area contributed by atoms with Gasteiger partial charge in [-0.05, 0) is 37.6 Å². The van der Waals surface area contributed by atoms with Crippen LogP contribution in [0, 0.1) is 0 Å². The molecule has 0 spiro atoms. The molecule has 10 heteroatoms. The van der Waals surface area contributed by atoms with E-state index in [1.807, 2.05) is 0 Å². The van der Waals surface area contributed by atoms with Crippen LogP contribution in [0.2, 0.25) is 0 Å². The van der Waals surface area contributed by atoms with Gasteiger partial charge >= 0.3 is 11.9 Å². The van der Waals surface area contributed by atoms with Crippen molar-refractivity contribution in [2.24, 2.45) is 0 Å². The highest BCUT2D eigenvalue weighted by Gasteiger charge is 2.33. The van der Waals surface area contributed by atoms with Gasteiger partial charge in [0.05, 0.1) is 18.1 Å². The summed E-state index contributed by atoms with van der Waals surface area (Å²) in [5.41, 5.74) is 0.641. The minimum absolute atomic E-state index is 0.193. The second kappa shape index (κ2) is 10.1. The summed E-state index contributed by atoms with van der Waals surface area (Å²) in [6.07, 6.45) is 1.60. The number of carbonyl (C=O) groups excluding carboxylic acids is 2. The first-order valence-electron chi connectivity index (χ1n) is 8.38. The highest BCUT2D eigenvalue weighted by Crippen LogP contribution is 2.34. The molecule has 0 unspecified atom stereocenters. The number of esters is 1. The molecule has 1 saturated heterocycles. The Bertz CT molecular complexity index is 822. The lowest BCUT2D eigenvalue weighted by molar-refractivity contribution is -0.145. The summed E-state index contributed by atoms with van der Waals surface area (Å²) < 4.78 is 16.0. The van der Waals surface area contributed by atoms with Gasteiger partial charge in [0.25, 0.3) is 5.91 Å². The molecule has 1 aliphatic rings. The molecule has 150 valence electrons. The quantitative estimate of drug-likeness (QED) is 0.363. The predicted molar refractivity (Wildman–Crippen MR) is 107 cm³/mol. The molecule has 0 bridgehead atoms. The molecule has 1 fully saturated rings. The minimum atomic E-state index is -1.14. The monoisotopic (exact) mass is 425 g/mol. The van der Waals surface area contributed by atoms with E-state index in [9.17, 15) is 14.4 Å². The van der Waals surface area contributed by atoms with Crippen molar-refractivity contribution in [2.45, 2.75) is 13.8 Å². The fraction of sp³-hybridized carbons (Fsp3) is 0.333. The van der Waals surface area contributed by atoms with Crippen LogP contribution in [0.15, 0.2) is 23.1 Å². The maximum absolute atomic E-state index is 12.4. The number of nitrogens with zero attached hydrogens (tertiary/aromatic N) is 1. The van der Waals surface area contributed by atoms with Gasteiger partial charge in [-0.3, -0.25) is 14.5 Å². The van der Waals surface area contributed by atoms with E-state index in [0.29, 0.717) is 28.6 Å². The Morgan fingerprint density at radius 3 is 2.61 bits per heavy atom. The lowest BCUT2D eigenvalue weighted by Crippen LogP contribution is -2.33. The van der Waals surface area contributed by atoms with Crippen LogP contribution in [0.1, 0.15) is 19.4 Å². The number of carboxylic acids is 1. The first-order valence-corrected chi connectivity index (χ1v) is 9.60. The summed E-state index contributed by atoms with van der Waals surface area (Å²) in [7, 11) is 0. The molecule has 0 radical (unpaired) electrons. The largest absolute Gasteiger partial charge is 0.490 e. The standard InChI is InChI=1S/C18H19NO7S2/c1-3-24-13-7-11(5-6-12(13)26-10-16(22)25-4-2)8-14-17(23)19(9-15(20)21)18(27)28-14/h5-8H,3-4,9-10H2,1-2H3,(H,20,21)/b14-8+. The lowest BCUT2D eigenvalue weighted by Gasteiger charge is -2.12. The van der Waals surface area contributed by atoms with Crippen LogP contribution < -0.4 is 9.47 Å². The van der Waals surface area contributed by atoms with Crippen LogP contribution in [-0.2, 0) is 19.1 Å². The zero-order chi connectivity index (χ0) is 20.7. The zero-order valence-electron chi connectivity index (χ0n) is 15.3. The van der Waals surface area contributed by atoms with Gasteiger partial charge in [0.1, 0.15) is 10.9 Å². The van der Waals surface area contributed by atoms with Gasteiger partial charge in [-0.25, -0.2) is 4.79 Å². The summed E-state index contributed by atoms with van der Waals surface area (Å²) in [5, 5.41) is 8.89. The Morgan fingerprint density at radius 2 is 1.96 bits per heavy atom. The van der Waals surface area contributed by atoms with E-state index >= 15 is 0 Å². The van der Waals surface area contributed by atoms with Crippen molar-refractivity contribution < 1.29 is 33.7 Å². The van der Waals surface area contributed by atoms with Gasteiger partial charge in [-0.15, -0.1) is 0 Å². The molecule has 1 amide bonds. The van der Waals surface area contributed by atoms with Crippen LogP contribution in [0.5, 0.6) is 11.5 Å². The van der Waals surface area contributed by atoms with E-state index in [2.05, 4.69) is 0 Å². The van der Waals surface area contributed by atoms with Gasteiger partial charge in [-0.1, -0.05) is 30.0 Å². The van der Waals surface area contributed by atoms with E-state index in [1.54, 1.807) is 38.1 Å². The van der Waals surface area contributed by atoms with E-state index in [-0.39, 0.29) is 17.5 Å². The third-order valence-electron chi connectivity index (χ3n) is 3.38. The van der Waals surface area contributed by atoms with E-state index in [4.69, 9.17) is 31.5 Å². The van der Waals surface area contributed by atoms with Gasteiger partial charge < -0.3 is 19.3 Å². The first kappa shape index (κ1) is 21.7. The second-order valence-electron chi connectivity index (χ2n) is 5.39. The van der Waals surface area contributed by atoms with Crippen molar-refractivity contribution in [3.05, 3.63) is 28.7 Å². The van der Waals surface area contributed by atoms with E-state index in [1.165, 1.54) is 0 Å². The molecule has 8 nitrogen and oxygen atoms in total. The van der Waals surface area contributed by atoms with E-state index in [0.717, 1.165) is 16.7 Å². The molecule has 1 aromatic rings. The average molecular weight is 425 g/mol. The molecule has 0 atom stereocenters. The number of amides is 1. The van der Waals surface area contributed by atoms with Gasteiger partial charge in [0.2, 0.25) is 0 Å². The highest BCUT2D eigenvalue weighted by molar-refractivity contribution is 8.26. The molecule has 1 aliphatic heterocycles. The van der Waals surface area contributed by atoms with E-state index < -0.39 is 24.4 Å². The smallest absolute Gasteiger partial charge is 0.344 e. The maximum atomic E-state index is 12.4. The summed E-state index contributed by atoms with van der Waals surface area (Å²) in [5.74, 6) is -1.32. The topological polar surface area (TPSA) is 102 Å². The fourth-order valence-corrected chi connectivity index (χ4v) is 3.52. The molecule has 2 rings (SSSR count). The number of carboxylic acid groups (broad SMARTS) is 1. The zero-order valence-corrected chi connectivity index (χ0v) is 16.9. The van der Waals surface area contributed by atoms with Gasteiger partial charge in [-0.2, -0.15) is 0 Å². The second-order valence-corrected chi connectivity index (χ2v) is 7.07. The van der Waals surface area contributed by atoms with Crippen LogP contribution >= 0.6 is 24.0 Å². The Hall–Kier alpha value is -2.59. The molecule has 28 heavy (non-hydrogen) atoms. The van der Waals surface area contributed by atoms with Crippen LogP contribution in [0.4, 0.5) is 0 Å². The van der Waals surface area contributed by atoms with Crippen molar-refractivity contribution in [2.75, 3.05) is 26.4 Å². The number of aliphatic carboxylic acids is 1. The number of thioether (sulfide) groups is 1. The Balaban J connectivity index is 2.20. The van der Waals surface area contributed by atoms with Crippen molar-refractivity contribution >= 4 is 52.2 Å². The summed E-state index contributed by atoms with van der Waals surface area (Å²) in [4.78, 5) is 36.0. The molecule has 1 aromatic carbocycles. The molecule has 1 heterocycles. The molecule has 0 saturated carbocycles. The normalized spacial score (nSPS) is 15.1. The van der Waals surface area contributed by atoms with Crippen LogP contribution in [-0.4, -0.2) is 58.5 Å². The fourth-order valence-electron chi connectivity index (χ4n) is 2.26. The molecule has 1 N–H and O–H groups in total. The SMILES string of the molecule is CCOC(=O)COc1ccc(/C=C2/SC(=S)N(CC(=O)O)C2=O)cc1OCC. The molecule has 0 aromatic heterocycles. The molecular weight excluding hydrogens is 406 g/mol. The van der Waals surface area contributed by atoms with Crippen molar-refractivity contribution in [1.29, 1.82) is 0 Å². The number of hydrogen-bond acceptors (Lipinski definition) is 8. The highest BCUT2D eigenvalue weighted by atomic mass is 32.2. The van der Waals surface area contributed by atoms with Crippen LogP contribution in [0.25, 0.3) is 6.08 Å². The number of benzene rings is 1. The lowest BCUT2D eigenvalue weighted by atomic mass is 10.2. The van der Waals surface area contributed by atoms with Crippen molar-refractivity contribution in [3.63, 3.8) is 0 Å². The Morgan fingerprint density at radius 1 is 1.21 bits per heavy atom. The average Bonchev–Trinajstić information content (AvgIpc) is 2.88. The van der Waals surface area contributed by atoms with Gasteiger partial charge in [0, 0.05) is 0 Å². The third-order valence-corrected chi connectivity index (χ3v) is 4.76. The maximum Gasteiger partial charge on any atom is 0.344 e. The summed E-state index contributed by atoms with van der Waals surface area (Å²) in [6, 6.07) is 4.97. The third kappa shape index (κ3) is 5.70. The molecular formula is C18H19NO7S2.